The van der Waals surface area contributed by atoms with Gasteiger partial charge in [-0.05, 0) is 43.9 Å². The van der Waals surface area contributed by atoms with E-state index in [1.165, 1.54) is 0 Å². The highest BCUT2D eigenvalue weighted by molar-refractivity contribution is 5.78. The average molecular weight is 378 g/mol. The Morgan fingerprint density at radius 1 is 1.15 bits per heavy atom. The highest BCUT2D eigenvalue weighted by Crippen LogP contribution is 2.20. The van der Waals surface area contributed by atoms with Gasteiger partial charge in [0.1, 0.15) is 12.4 Å². The number of carbonyl (C=O) groups is 2. The van der Waals surface area contributed by atoms with E-state index in [0.717, 1.165) is 29.7 Å². The molecule has 27 heavy (non-hydrogen) atoms. The average Bonchev–Trinajstić information content (AvgIpc) is 2.67. The number of rotatable bonds is 9. The molecule has 150 valence electrons. The molecule has 1 saturated heterocycles. The third kappa shape index (κ3) is 6.84. The second kappa shape index (κ2) is 10.9. The van der Waals surface area contributed by atoms with E-state index in [-0.39, 0.29) is 31.1 Å². The topological polar surface area (TPSA) is 77.1 Å². The normalized spacial score (nSPS) is 14.9. The maximum Gasteiger partial charge on any atom is 0.260 e. The van der Waals surface area contributed by atoms with Crippen LogP contribution in [0.3, 0.4) is 0 Å². The Morgan fingerprint density at radius 3 is 2.59 bits per heavy atom. The quantitative estimate of drug-likeness (QED) is 0.658. The van der Waals surface area contributed by atoms with Gasteiger partial charge in [-0.25, -0.2) is 0 Å². The number of nitrogens with one attached hydrogen (secondary N) is 1. The summed E-state index contributed by atoms with van der Waals surface area (Å²) in [7, 11) is 1.59. The minimum absolute atomic E-state index is 0.0245. The van der Waals surface area contributed by atoms with Crippen LogP contribution in [0.5, 0.6) is 5.75 Å². The lowest BCUT2D eigenvalue weighted by molar-refractivity contribution is -0.134. The van der Waals surface area contributed by atoms with Crippen LogP contribution in [-0.2, 0) is 19.1 Å². The van der Waals surface area contributed by atoms with E-state index in [0.29, 0.717) is 26.3 Å². The summed E-state index contributed by atoms with van der Waals surface area (Å²) in [6.07, 6.45) is 1.47. The Morgan fingerprint density at radius 2 is 1.89 bits per heavy atom. The lowest BCUT2D eigenvalue weighted by Gasteiger charge is -2.32. The molecular formula is C20H30N2O5. The molecule has 0 bridgehead atoms. The fourth-order valence-corrected chi connectivity index (χ4v) is 2.96. The van der Waals surface area contributed by atoms with E-state index >= 15 is 0 Å². The Labute approximate surface area is 161 Å². The van der Waals surface area contributed by atoms with Crippen molar-refractivity contribution in [2.24, 2.45) is 0 Å². The van der Waals surface area contributed by atoms with E-state index in [4.69, 9.17) is 14.2 Å². The maximum absolute atomic E-state index is 12.4. The molecule has 0 saturated carbocycles. The van der Waals surface area contributed by atoms with Gasteiger partial charge in [-0.3, -0.25) is 9.59 Å². The van der Waals surface area contributed by atoms with Crippen molar-refractivity contribution in [2.45, 2.75) is 32.7 Å². The van der Waals surface area contributed by atoms with Gasteiger partial charge in [-0.15, -0.1) is 0 Å². The van der Waals surface area contributed by atoms with Crippen LogP contribution in [0.2, 0.25) is 0 Å². The summed E-state index contributed by atoms with van der Waals surface area (Å²) in [6, 6.07) is 5.90. The van der Waals surface area contributed by atoms with Crippen LogP contribution < -0.4 is 10.1 Å². The zero-order chi connectivity index (χ0) is 19.6. The second-order valence-electron chi connectivity index (χ2n) is 6.75. The second-order valence-corrected chi connectivity index (χ2v) is 6.75. The van der Waals surface area contributed by atoms with Crippen LogP contribution in [0, 0.1) is 13.8 Å². The molecule has 1 aromatic carbocycles. The fourth-order valence-electron chi connectivity index (χ4n) is 2.96. The summed E-state index contributed by atoms with van der Waals surface area (Å²) >= 11 is 0. The van der Waals surface area contributed by atoms with Crippen molar-refractivity contribution in [2.75, 3.05) is 46.6 Å². The van der Waals surface area contributed by atoms with Gasteiger partial charge < -0.3 is 24.4 Å². The number of hydrogen-bond acceptors (Lipinski definition) is 5. The van der Waals surface area contributed by atoms with Crippen molar-refractivity contribution in [1.29, 1.82) is 0 Å². The minimum Gasteiger partial charge on any atom is -0.483 e. The molecule has 7 heteroatoms. The molecular weight excluding hydrogens is 348 g/mol. The van der Waals surface area contributed by atoms with Crippen LogP contribution in [0.1, 0.15) is 24.0 Å². The largest absolute Gasteiger partial charge is 0.483 e. The molecule has 1 aliphatic heterocycles. The first-order valence-electron chi connectivity index (χ1n) is 9.34. The smallest absolute Gasteiger partial charge is 0.260 e. The van der Waals surface area contributed by atoms with E-state index in [2.05, 4.69) is 5.32 Å². The number of benzene rings is 1. The van der Waals surface area contributed by atoms with Crippen LogP contribution in [0.4, 0.5) is 0 Å². The van der Waals surface area contributed by atoms with Crippen LogP contribution in [0.25, 0.3) is 0 Å². The van der Waals surface area contributed by atoms with E-state index in [9.17, 15) is 9.59 Å². The lowest BCUT2D eigenvalue weighted by Crippen LogP contribution is -2.48. The molecule has 0 unspecified atom stereocenters. The molecule has 1 heterocycles. The van der Waals surface area contributed by atoms with E-state index < -0.39 is 0 Å². The van der Waals surface area contributed by atoms with Gasteiger partial charge in [0, 0.05) is 26.2 Å². The molecule has 7 nitrogen and oxygen atoms in total. The predicted molar refractivity (Wildman–Crippen MR) is 102 cm³/mol. The van der Waals surface area contributed by atoms with Gasteiger partial charge in [0.05, 0.1) is 13.2 Å². The number of likely N-dealkylation sites (tertiary alicyclic amines) is 1. The van der Waals surface area contributed by atoms with Gasteiger partial charge in [0.15, 0.2) is 6.61 Å². The molecule has 0 spiro atoms. The van der Waals surface area contributed by atoms with Gasteiger partial charge >= 0.3 is 0 Å². The van der Waals surface area contributed by atoms with Gasteiger partial charge in [0.25, 0.3) is 5.91 Å². The highest BCUT2D eigenvalue weighted by atomic mass is 16.5. The van der Waals surface area contributed by atoms with Crippen LogP contribution in [-0.4, -0.2) is 69.4 Å². The molecule has 2 rings (SSSR count). The number of amides is 2. The Balaban J connectivity index is 1.68. The summed E-state index contributed by atoms with van der Waals surface area (Å²) in [5, 5.41) is 2.95. The first-order chi connectivity index (χ1) is 13.0. The molecule has 0 aromatic heterocycles. The number of piperidine rings is 1. The molecule has 0 aliphatic carbocycles. The lowest BCUT2D eigenvalue weighted by atomic mass is 10.1. The van der Waals surface area contributed by atoms with Crippen LogP contribution in [0.15, 0.2) is 18.2 Å². The summed E-state index contributed by atoms with van der Waals surface area (Å²) in [5.74, 6) is 0.594. The third-order valence-electron chi connectivity index (χ3n) is 4.78. The van der Waals surface area contributed by atoms with E-state index in [1.54, 1.807) is 12.0 Å². The monoisotopic (exact) mass is 378 g/mol. The summed E-state index contributed by atoms with van der Waals surface area (Å²) in [6.45, 7) is 6.18. The molecule has 2 amide bonds. The molecule has 0 atom stereocenters. The van der Waals surface area contributed by atoms with Crippen molar-refractivity contribution in [3.63, 3.8) is 0 Å². The number of methoxy groups -OCH3 is 1. The number of carbonyl (C=O) groups excluding carboxylic acids is 2. The number of nitrogens with zero attached hydrogens (tertiary/aromatic N) is 1. The molecule has 1 N–H and O–H groups in total. The third-order valence-corrected chi connectivity index (χ3v) is 4.78. The van der Waals surface area contributed by atoms with E-state index in [1.807, 2.05) is 32.0 Å². The van der Waals surface area contributed by atoms with Crippen LogP contribution >= 0.6 is 0 Å². The molecule has 1 aliphatic rings. The number of hydrogen-bond donors (Lipinski definition) is 1. The van der Waals surface area contributed by atoms with Gasteiger partial charge in [-0.1, -0.05) is 12.1 Å². The number of aryl methyl sites for hydroxylation is 1. The number of ether oxygens (including phenoxy) is 3. The Kier molecular flexibility index (Phi) is 8.54. The first kappa shape index (κ1) is 21.2. The standard InChI is InChI=1S/C20H30N2O5/c1-15-5-4-6-18(16(15)2)27-14-20(24)22-9-7-17(8-10-22)21-19(23)13-26-12-11-25-3/h4-6,17H,7-14H2,1-3H3,(H,21,23). The zero-order valence-electron chi connectivity index (χ0n) is 16.5. The molecule has 1 fully saturated rings. The SMILES string of the molecule is COCCOCC(=O)NC1CCN(C(=O)COc2cccc(C)c2C)CC1. The van der Waals surface area contributed by atoms with Gasteiger partial charge in [-0.2, -0.15) is 0 Å². The fraction of sp³-hybridized carbons (Fsp3) is 0.600. The maximum atomic E-state index is 12.4. The van der Waals surface area contributed by atoms with Crippen molar-refractivity contribution >= 4 is 11.8 Å². The Bertz CT molecular complexity index is 627. The van der Waals surface area contributed by atoms with Crippen molar-refractivity contribution in [1.82, 2.24) is 10.2 Å². The Hall–Kier alpha value is -2.12. The predicted octanol–water partition coefficient (Wildman–Crippen LogP) is 1.45. The highest BCUT2D eigenvalue weighted by Gasteiger charge is 2.24. The molecule has 1 aromatic rings. The van der Waals surface area contributed by atoms with Crippen molar-refractivity contribution in [3.8, 4) is 5.75 Å². The molecule has 0 radical (unpaired) electrons. The van der Waals surface area contributed by atoms with Gasteiger partial charge in [0.2, 0.25) is 5.91 Å². The summed E-state index contributed by atoms with van der Waals surface area (Å²) < 4.78 is 15.8. The minimum atomic E-state index is -0.130. The van der Waals surface area contributed by atoms with Crippen molar-refractivity contribution in [3.05, 3.63) is 29.3 Å². The van der Waals surface area contributed by atoms with Crippen molar-refractivity contribution < 1.29 is 23.8 Å². The first-order valence-corrected chi connectivity index (χ1v) is 9.34. The summed E-state index contributed by atoms with van der Waals surface area (Å²) in [5.41, 5.74) is 2.20. The zero-order valence-corrected chi connectivity index (χ0v) is 16.5. The summed E-state index contributed by atoms with van der Waals surface area (Å²) in [4.78, 5) is 26.0.